The number of aliphatic imine (C=N–C) groups is 1. The lowest BCUT2D eigenvalue weighted by atomic mass is 10.3. The molecule has 1 unspecified atom stereocenters. The number of aromatic nitrogens is 1. The number of guanidine groups is 1. The molecule has 0 aliphatic heterocycles. The first-order chi connectivity index (χ1) is 11.6. The minimum absolute atomic E-state index is 0. The molecule has 2 rings (SSSR count). The van der Waals surface area contributed by atoms with Gasteiger partial charge in [0.15, 0.2) is 5.96 Å². The second-order valence-corrected chi connectivity index (χ2v) is 6.37. The quantitative estimate of drug-likeness (QED) is 0.356. The molecule has 0 radical (unpaired) electrons. The van der Waals surface area contributed by atoms with E-state index in [0.717, 1.165) is 35.4 Å². The smallest absolute Gasteiger partial charge is 0.194 e. The summed E-state index contributed by atoms with van der Waals surface area (Å²) in [7, 11) is 3.72. The van der Waals surface area contributed by atoms with Crippen molar-refractivity contribution >= 4 is 41.3 Å². The molecular weight excluding hydrogens is 451 g/mol. The molecule has 140 valence electrons. The molecule has 2 aromatic heterocycles. The Labute approximate surface area is 170 Å². The Morgan fingerprint density at radius 2 is 2.32 bits per heavy atom. The minimum atomic E-state index is 0. The number of thiazole rings is 1. The summed E-state index contributed by atoms with van der Waals surface area (Å²) in [6, 6.07) is 3.87. The SMILES string of the molecule is CCNC(=NCCc1ccco1)N(C)Cc1csc(C(C)OC)n1.I. The third-order valence-corrected chi connectivity index (χ3v) is 4.62. The second kappa shape index (κ2) is 11.5. The maximum absolute atomic E-state index is 5.34. The van der Waals surface area contributed by atoms with Gasteiger partial charge in [0.1, 0.15) is 16.9 Å². The zero-order valence-corrected chi connectivity index (χ0v) is 18.3. The van der Waals surface area contributed by atoms with E-state index in [4.69, 9.17) is 9.15 Å². The lowest BCUT2D eigenvalue weighted by molar-refractivity contribution is 0.119. The first-order valence-corrected chi connectivity index (χ1v) is 9.01. The van der Waals surface area contributed by atoms with E-state index in [1.165, 1.54) is 0 Å². The topological polar surface area (TPSA) is 62.9 Å². The highest BCUT2D eigenvalue weighted by atomic mass is 127. The average Bonchev–Trinajstić information content (AvgIpc) is 3.25. The van der Waals surface area contributed by atoms with Gasteiger partial charge < -0.3 is 19.4 Å². The van der Waals surface area contributed by atoms with Crippen LogP contribution in [-0.2, 0) is 17.7 Å². The Morgan fingerprint density at radius 1 is 1.52 bits per heavy atom. The van der Waals surface area contributed by atoms with Crippen molar-refractivity contribution in [1.29, 1.82) is 0 Å². The Bertz CT molecular complexity index is 630. The van der Waals surface area contributed by atoms with E-state index in [-0.39, 0.29) is 30.1 Å². The van der Waals surface area contributed by atoms with Crippen molar-refractivity contribution in [2.75, 3.05) is 27.2 Å². The van der Waals surface area contributed by atoms with Crippen LogP contribution in [0.25, 0.3) is 0 Å². The van der Waals surface area contributed by atoms with Crippen molar-refractivity contribution in [3.05, 3.63) is 40.2 Å². The Hall–Kier alpha value is -1.13. The minimum Gasteiger partial charge on any atom is -0.469 e. The summed E-state index contributed by atoms with van der Waals surface area (Å²) < 4.78 is 10.7. The standard InChI is InChI=1S/C17H26N4O2S.HI/c1-5-18-17(19-9-8-15-7-6-10-23-15)21(3)11-14-12-24-16(20-14)13(2)22-4;/h6-7,10,12-13H,5,8-9,11H2,1-4H3,(H,18,19);1H. The number of hydrogen-bond acceptors (Lipinski definition) is 5. The molecule has 2 heterocycles. The Balaban J connectivity index is 0.00000312. The maximum atomic E-state index is 5.34. The first kappa shape index (κ1) is 21.9. The highest BCUT2D eigenvalue weighted by molar-refractivity contribution is 14.0. The molecule has 0 bridgehead atoms. The third-order valence-electron chi connectivity index (χ3n) is 3.57. The third kappa shape index (κ3) is 6.95. The normalized spacial score (nSPS) is 12.6. The van der Waals surface area contributed by atoms with Crippen LogP contribution in [0.4, 0.5) is 0 Å². The highest BCUT2D eigenvalue weighted by Crippen LogP contribution is 2.20. The first-order valence-electron chi connectivity index (χ1n) is 8.13. The van der Waals surface area contributed by atoms with Gasteiger partial charge in [0, 0.05) is 39.0 Å². The van der Waals surface area contributed by atoms with Crippen molar-refractivity contribution in [1.82, 2.24) is 15.2 Å². The van der Waals surface area contributed by atoms with Crippen molar-refractivity contribution in [3.63, 3.8) is 0 Å². The Morgan fingerprint density at radius 3 is 2.96 bits per heavy atom. The van der Waals surface area contributed by atoms with Gasteiger partial charge in [0.25, 0.3) is 0 Å². The van der Waals surface area contributed by atoms with Gasteiger partial charge in [0.2, 0.25) is 0 Å². The van der Waals surface area contributed by atoms with Crippen molar-refractivity contribution in [2.45, 2.75) is 32.9 Å². The Kier molecular flexibility index (Phi) is 10.1. The van der Waals surface area contributed by atoms with Crippen LogP contribution in [0, 0.1) is 0 Å². The van der Waals surface area contributed by atoms with Gasteiger partial charge in [-0.15, -0.1) is 35.3 Å². The summed E-state index contributed by atoms with van der Waals surface area (Å²) in [5, 5.41) is 6.40. The van der Waals surface area contributed by atoms with E-state index in [1.807, 2.05) is 26.1 Å². The molecule has 0 spiro atoms. The summed E-state index contributed by atoms with van der Waals surface area (Å²) in [4.78, 5) is 11.4. The number of halogens is 1. The van der Waals surface area contributed by atoms with Crippen LogP contribution in [0.3, 0.4) is 0 Å². The zero-order valence-electron chi connectivity index (χ0n) is 15.2. The fourth-order valence-electron chi connectivity index (χ4n) is 2.20. The van der Waals surface area contributed by atoms with E-state index in [0.29, 0.717) is 13.1 Å². The largest absolute Gasteiger partial charge is 0.469 e. The molecule has 8 heteroatoms. The van der Waals surface area contributed by atoms with Crippen LogP contribution < -0.4 is 5.32 Å². The maximum Gasteiger partial charge on any atom is 0.194 e. The molecule has 1 N–H and O–H groups in total. The van der Waals surface area contributed by atoms with Gasteiger partial charge in [-0.05, 0) is 26.0 Å². The number of nitrogens with one attached hydrogen (secondary N) is 1. The molecule has 6 nitrogen and oxygen atoms in total. The molecule has 25 heavy (non-hydrogen) atoms. The number of nitrogens with zero attached hydrogens (tertiary/aromatic N) is 3. The molecule has 0 aromatic carbocycles. The van der Waals surface area contributed by atoms with Gasteiger partial charge in [-0.2, -0.15) is 0 Å². The van der Waals surface area contributed by atoms with Gasteiger partial charge in [0.05, 0.1) is 18.5 Å². The summed E-state index contributed by atoms with van der Waals surface area (Å²) in [5.74, 6) is 1.83. The zero-order chi connectivity index (χ0) is 17.4. The van der Waals surface area contributed by atoms with E-state index < -0.39 is 0 Å². The number of methoxy groups -OCH3 is 1. The molecule has 1 atom stereocenters. The predicted molar refractivity (Wildman–Crippen MR) is 113 cm³/mol. The molecular formula is C17H27IN4O2S. The summed E-state index contributed by atoms with van der Waals surface area (Å²) in [6.07, 6.45) is 2.52. The van der Waals surface area contributed by atoms with E-state index in [9.17, 15) is 0 Å². The summed E-state index contributed by atoms with van der Waals surface area (Å²) >= 11 is 1.63. The van der Waals surface area contributed by atoms with Crippen molar-refractivity contribution in [2.24, 2.45) is 4.99 Å². The highest BCUT2D eigenvalue weighted by Gasteiger charge is 2.12. The summed E-state index contributed by atoms with van der Waals surface area (Å²) in [5.41, 5.74) is 1.03. The molecule has 2 aromatic rings. The van der Waals surface area contributed by atoms with Crippen LogP contribution in [0.5, 0.6) is 0 Å². The predicted octanol–water partition coefficient (Wildman–Crippen LogP) is 3.70. The molecule has 0 aliphatic rings. The monoisotopic (exact) mass is 478 g/mol. The number of ether oxygens (including phenoxy) is 1. The number of hydrogen-bond donors (Lipinski definition) is 1. The molecule has 0 amide bonds. The summed E-state index contributed by atoms with van der Waals surface area (Å²) in [6.45, 7) is 6.29. The van der Waals surface area contributed by atoms with Gasteiger partial charge in [-0.25, -0.2) is 4.98 Å². The fraction of sp³-hybridized carbons (Fsp3) is 0.529. The van der Waals surface area contributed by atoms with Gasteiger partial charge in [-0.1, -0.05) is 0 Å². The molecule has 0 fully saturated rings. The van der Waals surface area contributed by atoms with Crippen molar-refractivity contribution < 1.29 is 9.15 Å². The van der Waals surface area contributed by atoms with Crippen LogP contribution >= 0.6 is 35.3 Å². The van der Waals surface area contributed by atoms with Gasteiger partial charge >= 0.3 is 0 Å². The van der Waals surface area contributed by atoms with Crippen LogP contribution in [0.2, 0.25) is 0 Å². The lowest BCUT2D eigenvalue weighted by Crippen LogP contribution is -2.38. The van der Waals surface area contributed by atoms with Crippen molar-refractivity contribution in [3.8, 4) is 0 Å². The van der Waals surface area contributed by atoms with Crippen LogP contribution in [0.15, 0.2) is 33.2 Å². The second-order valence-electron chi connectivity index (χ2n) is 5.48. The van der Waals surface area contributed by atoms with Crippen LogP contribution in [-0.4, -0.2) is 43.1 Å². The lowest BCUT2D eigenvalue weighted by Gasteiger charge is -2.21. The number of rotatable bonds is 8. The van der Waals surface area contributed by atoms with Gasteiger partial charge in [-0.3, -0.25) is 4.99 Å². The van der Waals surface area contributed by atoms with E-state index in [1.54, 1.807) is 24.7 Å². The van der Waals surface area contributed by atoms with E-state index >= 15 is 0 Å². The average molecular weight is 478 g/mol. The number of furan rings is 1. The van der Waals surface area contributed by atoms with E-state index in [2.05, 4.69) is 32.5 Å². The molecule has 0 aliphatic carbocycles. The fourth-order valence-corrected chi connectivity index (χ4v) is 3.04. The molecule has 0 saturated heterocycles. The molecule has 0 saturated carbocycles. The van der Waals surface area contributed by atoms with Crippen LogP contribution in [0.1, 0.15) is 36.4 Å².